The zero-order valence-electron chi connectivity index (χ0n) is 16.4. The highest BCUT2D eigenvalue weighted by Crippen LogP contribution is 2.41. The van der Waals surface area contributed by atoms with E-state index in [-0.39, 0.29) is 22.5 Å². The number of aromatic amines is 2. The molecule has 1 saturated carbocycles. The van der Waals surface area contributed by atoms with E-state index in [2.05, 4.69) is 20.2 Å². The average Bonchev–Trinajstić information content (AvgIpc) is 3.49. The molecule has 3 aromatic rings. The third kappa shape index (κ3) is 2.88. The number of hydrogen-bond donors (Lipinski definition) is 2. The van der Waals surface area contributed by atoms with Crippen molar-refractivity contribution in [2.45, 2.75) is 38.5 Å². The Bertz CT molecular complexity index is 1260. The third-order valence-corrected chi connectivity index (χ3v) is 5.93. The molecule has 3 aromatic heterocycles. The van der Waals surface area contributed by atoms with E-state index in [0.717, 1.165) is 17.8 Å². The van der Waals surface area contributed by atoms with Crippen LogP contribution in [0.15, 0.2) is 15.7 Å². The van der Waals surface area contributed by atoms with Gasteiger partial charge in [-0.05, 0) is 37.8 Å². The Morgan fingerprint density at radius 1 is 1.21 bits per heavy atom. The summed E-state index contributed by atoms with van der Waals surface area (Å²) < 4.78 is 1.27. The summed E-state index contributed by atoms with van der Waals surface area (Å²) in [7, 11) is 1.53. The van der Waals surface area contributed by atoms with Crippen LogP contribution in [0, 0.1) is 6.92 Å². The molecular formula is C20H22N6O3. The van der Waals surface area contributed by atoms with Crippen LogP contribution < -0.4 is 11.2 Å². The van der Waals surface area contributed by atoms with Crippen LogP contribution in [0.1, 0.15) is 51.8 Å². The van der Waals surface area contributed by atoms with Crippen molar-refractivity contribution in [1.82, 2.24) is 29.6 Å². The molecule has 1 aliphatic carbocycles. The number of nitrogens with zero attached hydrogens (tertiary/aromatic N) is 4. The fraction of sp³-hybridized carbons (Fsp3) is 0.450. The zero-order chi connectivity index (χ0) is 20.3. The Kier molecular flexibility index (Phi) is 3.94. The minimum Gasteiger partial charge on any atom is -0.338 e. The van der Waals surface area contributed by atoms with Crippen LogP contribution in [-0.2, 0) is 19.9 Å². The molecule has 150 valence electrons. The second-order valence-corrected chi connectivity index (χ2v) is 7.96. The summed E-state index contributed by atoms with van der Waals surface area (Å²) in [6.45, 7) is 2.87. The highest BCUT2D eigenvalue weighted by atomic mass is 16.2. The van der Waals surface area contributed by atoms with Gasteiger partial charge in [0.2, 0.25) is 0 Å². The van der Waals surface area contributed by atoms with Crippen molar-refractivity contribution in [3.05, 3.63) is 55.1 Å². The van der Waals surface area contributed by atoms with Crippen molar-refractivity contribution in [1.29, 1.82) is 0 Å². The molecule has 9 nitrogen and oxygen atoms in total. The van der Waals surface area contributed by atoms with Gasteiger partial charge >= 0.3 is 5.69 Å². The molecule has 0 radical (unpaired) electrons. The predicted molar refractivity (Wildman–Crippen MR) is 106 cm³/mol. The molecule has 1 amide bonds. The van der Waals surface area contributed by atoms with Gasteiger partial charge in [0, 0.05) is 43.9 Å². The molecule has 2 N–H and O–H groups in total. The summed E-state index contributed by atoms with van der Waals surface area (Å²) in [6, 6.07) is 1.63. The van der Waals surface area contributed by atoms with Crippen molar-refractivity contribution >= 4 is 16.9 Å². The molecule has 5 rings (SSSR count). The molecule has 9 heteroatoms. The van der Waals surface area contributed by atoms with Crippen LogP contribution in [0.25, 0.3) is 11.0 Å². The second kappa shape index (κ2) is 6.40. The van der Waals surface area contributed by atoms with Crippen molar-refractivity contribution in [3.63, 3.8) is 0 Å². The Balaban J connectivity index is 1.53. The molecule has 1 fully saturated rings. The maximum Gasteiger partial charge on any atom is 0.329 e. The van der Waals surface area contributed by atoms with E-state index in [1.54, 1.807) is 17.9 Å². The highest BCUT2D eigenvalue weighted by Gasteiger charge is 2.32. The molecular weight excluding hydrogens is 372 g/mol. The van der Waals surface area contributed by atoms with E-state index < -0.39 is 11.2 Å². The summed E-state index contributed by atoms with van der Waals surface area (Å²) in [5, 5.41) is 7.81. The van der Waals surface area contributed by atoms with Gasteiger partial charge in [0.15, 0.2) is 0 Å². The number of carbonyl (C=O) groups excluding carboxylic acids is 1. The molecule has 0 spiro atoms. The second-order valence-electron chi connectivity index (χ2n) is 7.96. The van der Waals surface area contributed by atoms with E-state index in [1.165, 1.54) is 30.0 Å². The fourth-order valence-electron chi connectivity index (χ4n) is 4.21. The van der Waals surface area contributed by atoms with Crippen LogP contribution in [0.3, 0.4) is 0 Å². The van der Waals surface area contributed by atoms with Crippen LogP contribution in [0.4, 0.5) is 0 Å². The van der Waals surface area contributed by atoms with E-state index in [1.807, 2.05) is 0 Å². The quantitative estimate of drug-likeness (QED) is 0.666. The lowest BCUT2D eigenvalue weighted by atomic mass is 10.1. The van der Waals surface area contributed by atoms with Crippen LogP contribution >= 0.6 is 0 Å². The van der Waals surface area contributed by atoms with E-state index >= 15 is 0 Å². The van der Waals surface area contributed by atoms with Crippen molar-refractivity contribution in [2.75, 3.05) is 13.1 Å². The summed E-state index contributed by atoms with van der Waals surface area (Å²) in [5.74, 6) is 0.347. The largest absolute Gasteiger partial charge is 0.338 e. The number of H-pyrrole nitrogens is 2. The standard InChI is InChI=1S/C20H22N6O3/c1-10-9-13(15-17(21-10)25(2)20(29)22-18(15)27)19(28)26-7-5-12-14(6-8-26)23-24-16(12)11-3-4-11/h9,11H,3-8H2,1-2H3,(H,23,24)(H,22,27,29). The van der Waals surface area contributed by atoms with Gasteiger partial charge in [-0.15, -0.1) is 0 Å². The lowest BCUT2D eigenvalue weighted by Gasteiger charge is -2.21. The predicted octanol–water partition coefficient (Wildman–Crippen LogP) is 0.772. The molecule has 29 heavy (non-hydrogen) atoms. The van der Waals surface area contributed by atoms with Gasteiger partial charge in [-0.2, -0.15) is 5.10 Å². The summed E-state index contributed by atoms with van der Waals surface area (Å²) in [4.78, 5) is 46.2. The number of amides is 1. The van der Waals surface area contributed by atoms with Gasteiger partial charge in [0.25, 0.3) is 11.5 Å². The lowest BCUT2D eigenvalue weighted by molar-refractivity contribution is 0.0764. The normalized spacial score (nSPS) is 16.7. The van der Waals surface area contributed by atoms with Gasteiger partial charge in [-0.3, -0.25) is 24.2 Å². The Hall–Kier alpha value is -3.23. The van der Waals surface area contributed by atoms with Crippen LogP contribution in [0.2, 0.25) is 0 Å². The molecule has 0 bridgehead atoms. The maximum absolute atomic E-state index is 13.4. The minimum absolute atomic E-state index is 0.158. The molecule has 0 saturated heterocycles. The Morgan fingerprint density at radius 2 is 1.97 bits per heavy atom. The number of fused-ring (bicyclic) bond motifs is 2. The first-order valence-electron chi connectivity index (χ1n) is 9.90. The van der Waals surface area contributed by atoms with E-state index in [9.17, 15) is 14.4 Å². The number of aromatic nitrogens is 5. The maximum atomic E-state index is 13.4. The Morgan fingerprint density at radius 3 is 2.72 bits per heavy atom. The first kappa shape index (κ1) is 17.8. The first-order valence-corrected chi connectivity index (χ1v) is 9.90. The number of pyridine rings is 1. The monoisotopic (exact) mass is 394 g/mol. The van der Waals surface area contributed by atoms with E-state index in [0.29, 0.717) is 31.1 Å². The lowest BCUT2D eigenvalue weighted by Crippen LogP contribution is -2.36. The van der Waals surface area contributed by atoms with Crippen molar-refractivity contribution in [3.8, 4) is 0 Å². The fourth-order valence-corrected chi connectivity index (χ4v) is 4.21. The third-order valence-electron chi connectivity index (χ3n) is 5.93. The molecule has 0 unspecified atom stereocenters. The Labute approximate surface area is 165 Å². The van der Waals surface area contributed by atoms with Gasteiger partial charge in [-0.1, -0.05) is 0 Å². The van der Waals surface area contributed by atoms with Crippen LogP contribution in [0.5, 0.6) is 0 Å². The topological polar surface area (TPSA) is 117 Å². The van der Waals surface area contributed by atoms with Gasteiger partial charge in [0.1, 0.15) is 5.65 Å². The van der Waals surface area contributed by atoms with Gasteiger partial charge in [-0.25, -0.2) is 9.78 Å². The number of carbonyl (C=O) groups is 1. The first-order chi connectivity index (χ1) is 13.9. The smallest absolute Gasteiger partial charge is 0.329 e. The average molecular weight is 394 g/mol. The summed E-state index contributed by atoms with van der Waals surface area (Å²) in [5.41, 5.74) is 3.48. The number of hydrogen-bond acceptors (Lipinski definition) is 5. The molecule has 2 aliphatic rings. The SMILES string of the molecule is Cc1cc(C(=O)N2CCc3[nH]nc(C4CC4)c3CC2)c2c(=O)[nH]c(=O)n(C)c2n1. The molecule has 1 aliphatic heterocycles. The number of aryl methyl sites for hydroxylation is 2. The minimum atomic E-state index is -0.584. The van der Waals surface area contributed by atoms with Gasteiger partial charge in [0.05, 0.1) is 16.6 Å². The van der Waals surface area contributed by atoms with Gasteiger partial charge < -0.3 is 4.90 Å². The number of rotatable bonds is 2. The molecule has 4 heterocycles. The molecule has 0 aromatic carbocycles. The zero-order valence-corrected chi connectivity index (χ0v) is 16.4. The van der Waals surface area contributed by atoms with Crippen LogP contribution in [-0.4, -0.2) is 48.6 Å². The van der Waals surface area contributed by atoms with Crippen molar-refractivity contribution in [2.24, 2.45) is 7.05 Å². The summed E-state index contributed by atoms with van der Waals surface area (Å²) in [6.07, 6.45) is 3.82. The number of nitrogens with one attached hydrogen (secondary N) is 2. The molecule has 0 atom stereocenters. The van der Waals surface area contributed by atoms with Crippen molar-refractivity contribution < 1.29 is 4.79 Å². The highest BCUT2D eigenvalue weighted by molar-refractivity contribution is 6.05. The van der Waals surface area contributed by atoms with E-state index in [4.69, 9.17) is 0 Å². The summed E-state index contributed by atoms with van der Waals surface area (Å²) >= 11 is 0.